The van der Waals surface area contributed by atoms with Crippen LogP contribution in [0.25, 0.3) is 21.7 Å². The third kappa shape index (κ3) is 7.33. The summed E-state index contributed by atoms with van der Waals surface area (Å²) >= 11 is 0. The number of pyridine rings is 1. The third-order valence-electron chi connectivity index (χ3n) is 6.32. The second-order valence-corrected chi connectivity index (χ2v) is 10.2. The number of para-hydroxylation sites is 2. The summed E-state index contributed by atoms with van der Waals surface area (Å²) in [5, 5.41) is 22.6. The van der Waals surface area contributed by atoms with Gasteiger partial charge in [-0.3, -0.25) is 4.98 Å². The number of hydrogen-bond acceptors (Lipinski definition) is 3. The van der Waals surface area contributed by atoms with E-state index >= 15 is 0 Å². The molecule has 0 aliphatic heterocycles. The van der Waals surface area contributed by atoms with Crippen LogP contribution < -0.4 is 0 Å². The van der Waals surface area contributed by atoms with Crippen LogP contribution in [0.1, 0.15) is 76.1 Å². The highest BCUT2D eigenvalue weighted by atomic mass is 16.3. The van der Waals surface area contributed by atoms with E-state index in [1.165, 1.54) is 11.1 Å². The molecule has 1 aromatic heterocycles. The van der Waals surface area contributed by atoms with Gasteiger partial charge >= 0.3 is 0 Å². The van der Waals surface area contributed by atoms with Gasteiger partial charge in [0.25, 0.3) is 0 Å². The van der Waals surface area contributed by atoms with Crippen LogP contribution in [0.15, 0.2) is 97.1 Å². The number of hydrogen-bond donors (Lipinski definition) is 2. The van der Waals surface area contributed by atoms with E-state index in [4.69, 9.17) is 0 Å². The van der Waals surface area contributed by atoms with Crippen LogP contribution in [-0.2, 0) is 0 Å². The first kappa shape index (κ1) is 27.7. The maximum absolute atomic E-state index is 10.0. The fraction of sp³-hybridized carbons (Fsp3) is 0.265. The summed E-state index contributed by atoms with van der Waals surface area (Å²) in [7, 11) is 0. The van der Waals surface area contributed by atoms with E-state index in [2.05, 4.69) is 76.9 Å². The number of nitrogens with zero attached hydrogens (tertiary/aromatic N) is 1. The van der Waals surface area contributed by atoms with E-state index < -0.39 is 0 Å². The molecule has 0 fully saturated rings. The van der Waals surface area contributed by atoms with Crippen molar-refractivity contribution in [3.63, 3.8) is 0 Å². The minimum Gasteiger partial charge on any atom is -0.508 e. The lowest BCUT2D eigenvalue weighted by molar-refractivity contribution is 0.465. The molecular weight excluding hydrogens is 454 g/mol. The Morgan fingerprint density at radius 2 is 1.08 bits per heavy atom. The summed E-state index contributed by atoms with van der Waals surface area (Å²) in [6.07, 6.45) is 0. The maximum Gasteiger partial charge on any atom is 0.126 e. The van der Waals surface area contributed by atoms with E-state index in [1.54, 1.807) is 6.07 Å². The molecule has 3 heteroatoms. The summed E-state index contributed by atoms with van der Waals surface area (Å²) in [4.78, 5) is 4.57. The molecule has 5 rings (SSSR count). The zero-order chi connectivity index (χ0) is 26.9. The van der Waals surface area contributed by atoms with Gasteiger partial charge in [-0.2, -0.15) is 0 Å². The van der Waals surface area contributed by atoms with Gasteiger partial charge < -0.3 is 10.2 Å². The van der Waals surface area contributed by atoms with Crippen molar-refractivity contribution in [2.75, 3.05) is 0 Å². The number of phenolic OH excluding ortho intramolecular Hbond substituents is 2. The normalized spacial score (nSPS) is 10.8. The quantitative estimate of drug-likeness (QED) is 0.263. The molecule has 0 atom stereocenters. The molecule has 0 bridgehead atoms. The van der Waals surface area contributed by atoms with Gasteiger partial charge in [-0.05, 0) is 52.5 Å². The largest absolute Gasteiger partial charge is 0.508 e. The van der Waals surface area contributed by atoms with Crippen LogP contribution in [-0.4, -0.2) is 15.2 Å². The molecule has 4 aromatic carbocycles. The van der Waals surface area contributed by atoms with E-state index in [0.29, 0.717) is 29.3 Å². The number of aromatic nitrogens is 1. The second-order valence-electron chi connectivity index (χ2n) is 10.2. The van der Waals surface area contributed by atoms with Crippen LogP contribution in [0, 0.1) is 0 Å². The van der Waals surface area contributed by atoms with Crippen LogP contribution in [0.3, 0.4) is 0 Å². The smallest absolute Gasteiger partial charge is 0.126 e. The van der Waals surface area contributed by atoms with Crippen LogP contribution in [0.4, 0.5) is 0 Å². The number of phenols is 2. The third-order valence-corrected chi connectivity index (χ3v) is 6.32. The zero-order valence-corrected chi connectivity index (χ0v) is 22.8. The molecular formula is C34H39NO2. The van der Waals surface area contributed by atoms with Crippen molar-refractivity contribution in [3.8, 4) is 11.5 Å². The van der Waals surface area contributed by atoms with Crippen LogP contribution in [0.2, 0.25) is 0 Å². The molecule has 1 heterocycles. The van der Waals surface area contributed by atoms with Gasteiger partial charge in [0.05, 0.1) is 5.52 Å². The number of fused-ring (bicyclic) bond motifs is 2. The predicted octanol–water partition coefficient (Wildman–Crippen LogP) is 9.54. The first-order chi connectivity index (χ1) is 17.7. The molecule has 0 radical (unpaired) electrons. The average Bonchev–Trinajstić information content (AvgIpc) is 2.89. The Morgan fingerprint density at radius 3 is 1.70 bits per heavy atom. The lowest BCUT2D eigenvalue weighted by Gasteiger charge is -2.10. The molecule has 2 N–H and O–H groups in total. The lowest BCUT2D eigenvalue weighted by Crippen LogP contribution is -1.91. The Balaban J connectivity index is 0.000000157. The fourth-order valence-corrected chi connectivity index (χ4v) is 4.12. The molecule has 0 spiro atoms. The van der Waals surface area contributed by atoms with Crippen LogP contribution in [0.5, 0.6) is 11.5 Å². The average molecular weight is 494 g/mol. The van der Waals surface area contributed by atoms with Crippen molar-refractivity contribution in [1.29, 1.82) is 0 Å². The Kier molecular flexibility index (Phi) is 9.68. The van der Waals surface area contributed by atoms with Gasteiger partial charge in [0, 0.05) is 16.5 Å². The highest BCUT2D eigenvalue weighted by molar-refractivity contribution is 5.89. The molecule has 0 saturated carbocycles. The van der Waals surface area contributed by atoms with Crippen molar-refractivity contribution in [2.45, 2.75) is 59.3 Å². The highest BCUT2D eigenvalue weighted by Gasteiger charge is 2.08. The Hall–Kier alpha value is -3.85. The molecule has 0 saturated heterocycles. The fourth-order valence-electron chi connectivity index (χ4n) is 4.12. The van der Waals surface area contributed by atoms with Gasteiger partial charge in [-0.1, -0.05) is 120 Å². The van der Waals surface area contributed by atoms with Crippen molar-refractivity contribution in [2.24, 2.45) is 0 Å². The standard InChI is InChI=1S/C13H14O.C12H13N.C9H12O/c1-9(2)11-8-7-10-5-3-4-6-12(10)13(11)14;1-9(2)11-8-7-10-5-3-4-6-12(10)13-11;1-7(2)8-5-3-4-6-9(8)10/h3-9,14H,1-2H3;3-9H,1-2H3;3-7,10H,1-2H3. The Morgan fingerprint density at radius 1 is 0.514 bits per heavy atom. The van der Waals surface area contributed by atoms with Gasteiger partial charge in [-0.25, -0.2) is 0 Å². The topological polar surface area (TPSA) is 53.4 Å². The molecule has 0 amide bonds. The minimum atomic E-state index is 0.361. The number of benzene rings is 4. The Bertz CT molecular complexity index is 1440. The monoisotopic (exact) mass is 493 g/mol. The van der Waals surface area contributed by atoms with E-state index in [9.17, 15) is 10.2 Å². The number of rotatable bonds is 3. The summed E-state index contributed by atoms with van der Waals surface area (Å²) in [6, 6.07) is 31.9. The van der Waals surface area contributed by atoms with Gasteiger partial charge in [0.1, 0.15) is 11.5 Å². The first-order valence-corrected chi connectivity index (χ1v) is 13.0. The molecule has 5 aromatic rings. The molecule has 0 aliphatic rings. The molecule has 0 aliphatic carbocycles. The zero-order valence-electron chi connectivity index (χ0n) is 22.8. The minimum absolute atomic E-state index is 0.361. The highest BCUT2D eigenvalue weighted by Crippen LogP contribution is 2.32. The molecule has 3 nitrogen and oxygen atoms in total. The van der Waals surface area contributed by atoms with E-state index in [0.717, 1.165) is 27.4 Å². The molecule has 37 heavy (non-hydrogen) atoms. The van der Waals surface area contributed by atoms with Crippen LogP contribution >= 0.6 is 0 Å². The van der Waals surface area contributed by atoms with Crippen molar-refractivity contribution >= 4 is 21.7 Å². The molecule has 192 valence electrons. The summed E-state index contributed by atoms with van der Waals surface area (Å²) in [6.45, 7) is 12.6. The number of aromatic hydroxyl groups is 2. The Labute approximate surface area is 221 Å². The van der Waals surface area contributed by atoms with E-state index in [1.807, 2.05) is 60.7 Å². The second kappa shape index (κ2) is 12.9. The SMILES string of the molecule is CC(C)c1ccc2ccccc2c1O.CC(C)c1ccc2ccccc2n1.CC(C)c1ccccc1O. The van der Waals surface area contributed by atoms with Crippen molar-refractivity contribution in [1.82, 2.24) is 4.98 Å². The van der Waals surface area contributed by atoms with Gasteiger partial charge in [0.2, 0.25) is 0 Å². The van der Waals surface area contributed by atoms with Gasteiger partial charge in [0.15, 0.2) is 0 Å². The lowest BCUT2D eigenvalue weighted by atomic mass is 9.98. The first-order valence-electron chi connectivity index (χ1n) is 13.0. The van der Waals surface area contributed by atoms with Gasteiger partial charge in [-0.15, -0.1) is 0 Å². The summed E-state index contributed by atoms with van der Waals surface area (Å²) in [5.41, 5.74) is 4.29. The predicted molar refractivity (Wildman–Crippen MR) is 158 cm³/mol. The van der Waals surface area contributed by atoms with Crippen molar-refractivity contribution < 1.29 is 10.2 Å². The summed E-state index contributed by atoms with van der Waals surface area (Å²) in [5.74, 6) is 2.10. The summed E-state index contributed by atoms with van der Waals surface area (Å²) < 4.78 is 0. The maximum atomic E-state index is 10.0. The molecule has 0 unspecified atom stereocenters. The van der Waals surface area contributed by atoms with Crippen molar-refractivity contribution in [3.05, 3.63) is 114 Å². The van der Waals surface area contributed by atoms with E-state index in [-0.39, 0.29) is 0 Å².